The number of benzene rings is 2. The summed E-state index contributed by atoms with van der Waals surface area (Å²) in [5, 5.41) is 2.71. The van der Waals surface area contributed by atoms with Gasteiger partial charge < -0.3 is 19.5 Å². The van der Waals surface area contributed by atoms with Gasteiger partial charge in [-0.15, -0.1) is 0 Å². The normalized spacial score (nSPS) is 12.0. The maximum atomic E-state index is 12.8. The highest BCUT2D eigenvalue weighted by atomic mass is 32.2. The van der Waals surface area contributed by atoms with Crippen LogP contribution in [0.1, 0.15) is 6.92 Å². The fourth-order valence-electron chi connectivity index (χ4n) is 2.67. The quantitative estimate of drug-likeness (QED) is 0.721. The third-order valence-electron chi connectivity index (χ3n) is 4.07. The molecular formula is C19H24N2O6S. The second kappa shape index (κ2) is 8.83. The summed E-state index contributed by atoms with van der Waals surface area (Å²) in [4.78, 5) is 12.8. The number of carbonyl (C=O) groups is 1. The molecule has 1 amide bonds. The molecule has 0 aliphatic rings. The summed E-state index contributed by atoms with van der Waals surface area (Å²) < 4.78 is 41.6. The zero-order chi connectivity index (χ0) is 20.9. The molecule has 0 aromatic heterocycles. The van der Waals surface area contributed by atoms with Crippen LogP contribution in [0.4, 0.5) is 11.4 Å². The molecule has 152 valence electrons. The molecule has 0 fully saturated rings. The summed E-state index contributed by atoms with van der Waals surface area (Å²) in [5.74, 6) is 0.882. The minimum atomic E-state index is -3.81. The molecule has 0 bridgehead atoms. The minimum Gasteiger partial charge on any atom is -0.497 e. The molecule has 0 spiro atoms. The second-order valence-corrected chi connectivity index (χ2v) is 7.85. The summed E-state index contributed by atoms with van der Waals surface area (Å²) >= 11 is 0. The Morgan fingerprint density at radius 3 is 2.04 bits per heavy atom. The molecule has 0 aliphatic carbocycles. The third kappa shape index (κ3) is 4.86. The van der Waals surface area contributed by atoms with Crippen molar-refractivity contribution in [3.63, 3.8) is 0 Å². The summed E-state index contributed by atoms with van der Waals surface area (Å²) in [6.45, 7) is 1.50. The van der Waals surface area contributed by atoms with E-state index in [1.165, 1.54) is 27.2 Å². The molecule has 1 N–H and O–H groups in total. The van der Waals surface area contributed by atoms with Gasteiger partial charge >= 0.3 is 0 Å². The Hall–Kier alpha value is -2.94. The Kier molecular flexibility index (Phi) is 6.74. The van der Waals surface area contributed by atoms with E-state index in [9.17, 15) is 13.2 Å². The average Bonchev–Trinajstić information content (AvgIpc) is 2.67. The topological polar surface area (TPSA) is 94.2 Å². The number of hydrogen-bond donors (Lipinski definition) is 1. The van der Waals surface area contributed by atoms with E-state index in [2.05, 4.69) is 5.32 Å². The Balaban J connectivity index is 2.38. The molecule has 9 heteroatoms. The standard InChI is InChI=1S/C19H24N2O6S/c1-13(19(22)20-14-6-8-15(25-2)9-7-14)21(28(5,23)24)17-12-16(26-3)10-11-18(17)27-4/h6-13H,1-5H3,(H,20,22). The van der Waals surface area contributed by atoms with Crippen molar-refractivity contribution in [1.29, 1.82) is 0 Å². The average molecular weight is 408 g/mol. The molecule has 2 aromatic rings. The molecule has 8 nitrogen and oxygen atoms in total. The van der Waals surface area contributed by atoms with Gasteiger partial charge in [-0.3, -0.25) is 9.10 Å². The first kappa shape index (κ1) is 21.4. The molecule has 0 heterocycles. The third-order valence-corrected chi connectivity index (χ3v) is 5.30. The Labute approximate surface area is 165 Å². The first-order valence-electron chi connectivity index (χ1n) is 8.37. The number of rotatable bonds is 8. The first-order valence-corrected chi connectivity index (χ1v) is 10.2. The number of carbonyl (C=O) groups excluding carboxylic acids is 1. The van der Waals surface area contributed by atoms with E-state index in [0.29, 0.717) is 22.9 Å². The van der Waals surface area contributed by atoms with Crippen LogP contribution in [0.5, 0.6) is 17.2 Å². The van der Waals surface area contributed by atoms with Crippen LogP contribution in [0, 0.1) is 0 Å². The van der Waals surface area contributed by atoms with E-state index in [-0.39, 0.29) is 5.69 Å². The predicted molar refractivity (Wildman–Crippen MR) is 108 cm³/mol. The van der Waals surface area contributed by atoms with Crippen molar-refractivity contribution in [2.45, 2.75) is 13.0 Å². The van der Waals surface area contributed by atoms with Crippen molar-refractivity contribution in [2.75, 3.05) is 37.2 Å². The molecule has 0 radical (unpaired) electrons. The molecule has 2 aromatic carbocycles. The lowest BCUT2D eigenvalue weighted by Crippen LogP contribution is -2.45. The van der Waals surface area contributed by atoms with Gasteiger partial charge in [-0.2, -0.15) is 0 Å². The summed E-state index contributed by atoms with van der Waals surface area (Å²) in [7, 11) is 0.630. The maximum Gasteiger partial charge on any atom is 0.247 e. The Morgan fingerprint density at radius 1 is 0.964 bits per heavy atom. The largest absolute Gasteiger partial charge is 0.497 e. The Morgan fingerprint density at radius 2 is 1.54 bits per heavy atom. The van der Waals surface area contributed by atoms with Crippen molar-refractivity contribution in [1.82, 2.24) is 0 Å². The van der Waals surface area contributed by atoms with Crippen molar-refractivity contribution >= 4 is 27.3 Å². The Bertz CT molecular complexity index is 928. The van der Waals surface area contributed by atoms with E-state index in [1.54, 1.807) is 43.5 Å². The van der Waals surface area contributed by atoms with E-state index in [1.807, 2.05) is 0 Å². The SMILES string of the molecule is COc1ccc(NC(=O)C(C)N(c2cc(OC)ccc2OC)S(C)(=O)=O)cc1. The monoisotopic (exact) mass is 408 g/mol. The van der Waals surface area contributed by atoms with Gasteiger partial charge in [-0.05, 0) is 43.3 Å². The molecule has 2 rings (SSSR count). The molecule has 28 heavy (non-hydrogen) atoms. The number of hydrogen-bond acceptors (Lipinski definition) is 6. The molecule has 1 unspecified atom stereocenters. The maximum absolute atomic E-state index is 12.8. The summed E-state index contributed by atoms with van der Waals surface area (Å²) in [6.07, 6.45) is 1.03. The first-order chi connectivity index (χ1) is 13.2. The lowest BCUT2D eigenvalue weighted by atomic mass is 10.2. The number of nitrogens with zero attached hydrogens (tertiary/aromatic N) is 1. The van der Waals surface area contributed by atoms with E-state index in [4.69, 9.17) is 14.2 Å². The zero-order valence-corrected chi connectivity index (χ0v) is 17.2. The highest BCUT2D eigenvalue weighted by Gasteiger charge is 2.31. The van der Waals surface area contributed by atoms with Crippen molar-refractivity contribution < 1.29 is 27.4 Å². The fraction of sp³-hybridized carbons (Fsp3) is 0.316. The lowest BCUT2D eigenvalue weighted by Gasteiger charge is -2.29. The number of ether oxygens (including phenoxy) is 3. The lowest BCUT2D eigenvalue weighted by molar-refractivity contribution is -0.116. The number of amides is 1. The molecule has 0 aliphatic heterocycles. The second-order valence-electron chi connectivity index (χ2n) is 5.99. The molecule has 0 saturated heterocycles. The summed E-state index contributed by atoms with van der Waals surface area (Å²) in [6, 6.07) is 10.4. The minimum absolute atomic E-state index is 0.210. The van der Waals surface area contributed by atoms with Crippen molar-refractivity contribution in [3.05, 3.63) is 42.5 Å². The van der Waals surface area contributed by atoms with Crippen LogP contribution in [0.2, 0.25) is 0 Å². The number of nitrogens with one attached hydrogen (secondary N) is 1. The van der Waals surface area contributed by atoms with Gasteiger partial charge in [0.25, 0.3) is 0 Å². The number of anilines is 2. The van der Waals surface area contributed by atoms with Crippen LogP contribution in [0.15, 0.2) is 42.5 Å². The summed E-state index contributed by atoms with van der Waals surface area (Å²) in [5.41, 5.74) is 0.727. The van der Waals surface area contributed by atoms with Crippen molar-refractivity contribution in [2.24, 2.45) is 0 Å². The van der Waals surface area contributed by atoms with Crippen LogP contribution in [0.25, 0.3) is 0 Å². The van der Waals surface area contributed by atoms with Crippen LogP contribution < -0.4 is 23.8 Å². The number of methoxy groups -OCH3 is 3. The zero-order valence-electron chi connectivity index (χ0n) is 16.4. The highest BCUT2D eigenvalue weighted by molar-refractivity contribution is 7.92. The van der Waals surface area contributed by atoms with Gasteiger partial charge in [0.05, 0.1) is 33.3 Å². The van der Waals surface area contributed by atoms with E-state index >= 15 is 0 Å². The van der Waals surface area contributed by atoms with Gasteiger partial charge in [-0.1, -0.05) is 0 Å². The van der Waals surface area contributed by atoms with Gasteiger partial charge in [0.15, 0.2) is 0 Å². The molecule has 0 saturated carbocycles. The van der Waals surface area contributed by atoms with Crippen LogP contribution in [-0.4, -0.2) is 48.0 Å². The molecule has 1 atom stereocenters. The number of sulfonamides is 1. The van der Waals surface area contributed by atoms with E-state index < -0.39 is 22.0 Å². The van der Waals surface area contributed by atoms with Crippen LogP contribution in [0.3, 0.4) is 0 Å². The van der Waals surface area contributed by atoms with Gasteiger partial charge in [-0.25, -0.2) is 8.42 Å². The molecular weight excluding hydrogens is 384 g/mol. The van der Waals surface area contributed by atoms with Crippen molar-refractivity contribution in [3.8, 4) is 17.2 Å². The van der Waals surface area contributed by atoms with Crippen LogP contribution in [-0.2, 0) is 14.8 Å². The van der Waals surface area contributed by atoms with E-state index in [0.717, 1.165) is 10.6 Å². The fourth-order valence-corrected chi connectivity index (χ4v) is 3.84. The smallest absolute Gasteiger partial charge is 0.247 e. The van der Waals surface area contributed by atoms with Crippen LogP contribution >= 0.6 is 0 Å². The predicted octanol–water partition coefficient (Wildman–Crippen LogP) is 2.51. The van der Waals surface area contributed by atoms with Gasteiger partial charge in [0.2, 0.25) is 15.9 Å². The van der Waals surface area contributed by atoms with Gasteiger partial charge in [0.1, 0.15) is 23.3 Å². The van der Waals surface area contributed by atoms with Gasteiger partial charge in [0, 0.05) is 11.8 Å². The highest BCUT2D eigenvalue weighted by Crippen LogP contribution is 2.35.